The van der Waals surface area contributed by atoms with Gasteiger partial charge in [0.25, 0.3) is 0 Å². The Morgan fingerprint density at radius 2 is 2.12 bits per heavy atom. The molecule has 1 aromatic carbocycles. The molecule has 0 saturated heterocycles. The molecule has 0 aliphatic carbocycles. The van der Waals surface area contributed by atoms with Crippen molar-refractivity contribution in [1.82, 2.24) is 4.72 Å². The number of nitrogens with one attached hydrogen (secondary N) is 1. The minimum absolute atomic E-state index is 0.0422. The normalized spacial score (nSPS) is 11.6. The maximum Gasteiger partial charge on any atom is 0.240 e. The zero-order chi connectivity index (χ0) is 12.9. The van der Waals surface area contributed by atoms with E-state index in [2.05, 4.69) is 4.72 Å². The molecule has 0 radical (unpaired) electrons. The lowest BCUT2D eigenvalue weighted by Crippen LogP contribution is -2.25. The van der Waals surface area contributed by atoms with Crippen LogP contribution in [-0.2, 0) is 16.4 Å². The van der Waals surface area contributed by atoms with E-state index in [4.69, 9.17) is 10.8 Å². The summed E-state index contributed by atoms with van der Waals surface area (Å²) in [4.78, 5) is 0.158. The maximum atomic E-state index is 11.8. The highest BCUT2D eigenvalue weighted by Crippen LogP contribution is 2.18. The summed E-state index contributed by atoms with van der Waals surface area (Å²) in [5.74, 6) is 0. The lowest BCUT2D eigenvalue weighted by atomic mass is 10.1. The van der Waals surface area contributed by atoms with Crippen molar-refractivity contribution >= 4 is 15.7 Å². The largest absolute Gasteiger partial charge is 0.398 e. The third-order valence-corrected chi connectivity index (χ3v) is 3.89. The number of aliphatic hydroxyl groups excluding tert-OH is 1. The van der Waals surface area contributed by atoms with Crippen LogP contribution in [0.25, 0.3) is 0 Å². The van der Waals surface area contributed by atoms with E-state index in [1.165, 1.54) is 12.1 Å². The molecule has 0 bridgehead atoms. The van der Waals surface area contributed by atoms with Crippen LogP contribution in [0.1, 0.15) is 18.9 Å². The molecule has 1 aromatic rings. The lowest BCUT2D eigenvalue weighted by molar-refractivity contribution is 0.289. The maximum absolute atomic E-state index is 11.8. The van der Waals surface area contributed by atoms with Crippen molar-refractivity contribution in [3.63, 3.8) is 0 Å². The van der Waals surface area contributed by atoms with Gasteiger partial charge in [-0.1, -0.05) is 13.0 Å². The molecule has 0 atom stereocenters. The Kier molecular flexibility index (Phi) is 4.92. The van der Waals surface area contributed by atoms with Crippen molar-refractivity contribution in [1.29, 1.82) is 0 Å². The van der Waals surface area contributed by atoms with Crippen LogP contribution < -0.4 is 10.5 Å². The van der Waals surface area contributed by atoms with Gasteiger partial charge in [0.05, 0.1) is 4.90 Å². The predicted molar refractivity (Wildman–Crippen MR) is 67.1 cm³/mol. The highest BCUT2D eigenvalue weighted by molar-refractivity contribution is 7.89. The minimum atomic E-state index is -3.52. The molecule has 0 aromatic heterocycles. The summed E-state index contributed by atoms with van der Waals surface area (Å²) in [6, 6.07) is 4.71. The highest BCUT2D eigenvalue weighted by Gasteiger charge is 2.14. The van der Waals surface area contributed by atoms with Crippen LogP contribution >= 0.6 is 0 Å². The van der Waals surface area contributed by atoms with Gasteiger partial charge in [-0.2, -0.15) is 0 Å². The topological polar surface area (TPSA) is 92.4 Å². The SMILES string of the molecule is CCc1ccc(S(=O)(=O)NCCCO)cc1N. The molecule has 6 heteroatoms. The van der Waals surface area contributed by atoms with Gasteiger partial charge in [0.2, 0.25) is 10.0 Å². The smallest absolute Gasteiger partial charge is 0.240 e. The van der Waals surface area contributed by atoms with Crippen LogP contribution in [0, 0.1) is 0 Å². The van der Waals surface area contributed by atoms with Gasteiger partial charge in [-0.25, -0.2) is 13.1 Å². The molecule has 0 aliphatic heterocycles. The molecule has 0 fully saturated rings. The summed E-state index contributed by atoms with van der Waals surface area (Å²) < 4.78 is 26.0. The fourth-order valence-corrected chi connectivity index (χ4v) is 2.54. The Labute approximate surface area is 102 Å². The number of hydrogen-bond acceptors (Lipinski definition) is 4. The molecule has 0 heterocycles. The first-order valence-corrected chi connectivity index (χ1v) is 6.98. The van der Waals surface area contributed by atoms with E-state index in [-0.39, 0.29) is 18.0 Å². The number of aliphatic hydroxyl groups is 1. The third kappa shape index (κ3) is 3.69. The number of sulfonamides is 1. The first kappa shape index (κ1) is 14.0. The molecular formula is C11H18N2O3S. The van der Waals surface area contributed by atoms with Gasteiger partial charge in [0.15, 0.2) is 0 Å². The average Bonchev–Trinajstić information content (AvgIpc) is 2.29. The second kappa shape index (κ2) is 6.00. The summed E-state index contributed by atoms with van der Waals surface area (Å²) in [5, 5.41) is 8.59. The second-order valence-electron chi connectivity index (χ2n) is 3.69. The first-order valence-electron chi connectivity index (χ1n) is 5.50. The van der Waals surface area contributed by atoms with E-state index in [1.54, 1.807) is 6.07 Å². The molecule has 1 rings (SSSR count). The Hall–Kier alpha value is -1.11. The highest BCUT2D eigenvalue weighted by atomic mass is 32.2. The Morgan fingerprint density at radius 1 is 1.41 bits per heavy atom. The number of aryl methyl sites for hydroxylation is 1. The van der Waals surface area contributed by atoms with Gasteiger partial charge in [-0.3, -0.25) is 0 Å². The van der Waals surface area contributed by atoms with Crippen molar-refractivity contribution < 1.29 is 13.5 Å². The summed E-state index contributed by atoms with van der Waals surface area (Å²) >= 11 is 0. The number of hydrogen-bond donors (Lipinski definition) is 3. The third-order valence-electron chi connectivity index (χ3n) is 2.44. The van der Waals surface area contributed by atoms with Crippen LogP contribution in [-0.4, -0.2) is 26.7 Å². The van der Waals surface area contributed by atoms with Crippen molar-refractivity contribution in [2.45, 2.75) is 24.7 Å². The van der Waals surface area contributed by atoms with Crippen LogP contribution in [0.4, 0.5) is 5.69 Å². The molecule has 0 unspecified atom stereocenters. The average molecular weight is 258 g/mol. The first-order chi connectivity index (χ1) is 8.01. The fourth-order valence-electron chi connectivity index (χ4n) is 1.43. The standard InChI is InChI=1S/C11H18N2O3S/c1-2-9-4-5-10(8-11(9)12)17(15,16)13-6-3-7-14/h4-5,8,13-14H,2-3,6-7,12H2,1H3. The Morgan fingerprint density at radius 3 is 2.65 bits per heavy atom. The van der Waals surface area contributed by atoms with Crippen molar-refractivity contribution in [2.75, 3.05) is 18.9 Å². The van der Waals surface area contributed by atoms with Gasteiger partial charge in [-0.15, -0.1) is 0 Å². The fraction of sp³-hybridized carbons (Fsp3) is 0.455. The van der Waals surface area contributed by atoms with Crippen molar-refractivity contribution in [3.05, 3.63) is 23.8 Å². The van der Waals surface area contributed by atoms with E-state index in [1.807, 2.05) is 6.92 Å². The molecule has 0 aliphatic rings. The second-order valence-corrected chi connectivity index (χ2v) is 5.46. The van der Waals surface area contributed by atoms with Crippen molar-refractivity contribution in [2.24, 2.45) is 0 Å². The van der Waals surface area contributed by atoms with E-state index in [9.17, 15) is 8.42 Å². The van der Waals surface area contributed by atoms with E-state index in [0.717, 1.165) is 12.0 Å². The summed E-state index contributed by atoms with van der Waals surface area (Å²) in [6.07, 6.45) is 1.16. The summed E-state index contributed by atoms with van der Waals surface area (Å²) in [5.41, 5.74) is 7.16. The van der Waals surface area contributed by atoms with Gasteiger partial charge >= 0.3 is 0 Å². The number of anilines is 1. The number of rotatable bonds is 6. The van der Waals surface area contributed by atoms with Crippen molar-refractivity contribution in [3.8, 4) is 0 Å². The number of benzene rings is 1. The lowest BCUT2D eigenvalue weighted by Gasteiger charge is -2.08. The van der Waals surface area contributed by atoms with E-state index < -0.39 is 10.0 Å². The van der Waals surface area contributed by atoms with E-state index >= 15 is 0 Å². The summed E-state index contributed by atoms with van der Waals surface area (Å²) in [7, 11) is -3.52. The molecule has 0 amide bonds. The van der Waals surface area contributed by atoms with Gasteiger partial charge in [-0.05, 0) is 30.5 Å². The molecular weight excluding hydrogens is 240 g/mol. The molecule has 4 N–H and O–H groups in total. The van der Waals surface area contributed by atoms with Crippen LogP contribution in [0.2, 0.25) is 0 Å². The van der Waals surface area contributed by atoms with Gasteiger partial charge in [0, 0.05) is 18.8 Å². The Bertz CT molecular complexity index is 472. The zero-order valence-electron chi connectivity index (χ0n) is 9.81. The molecule has 96 valence electrons. The minimum Gasteiger partial charge on any atom is -0.398 e. The zero-order valence-corrected chi connectivity index (χ0v) is 10.6. The Balaban J connectivity index is 2.88. The molecule has 0 saturated carbocycles. The van der Waals surface area contributed by atoms with Crippen LogP contribution in [0.5, 0.6) is 0 Å². The van der Waals surface area contributed by atoms with Crippen LogP contribution in [0.15, 0.2) is 23.1 Å². The predicted octanol–water partition coefficient (Wildman–Crippen LogP) is 0.492. The van der Waals surface area contributed by atoms with Crippen LogP contribution in [0.3, 0.4) is 0 Å². The number of nitrogens with two attached hydrogens (primary N) is 1. The van der Waals surface area contributed by atoms with E-state index in [0.29, 0.717) is 12.1 Å². The quantitative estimate of drug-likeness (QED) is 0.511. The molecule has 17 heavy (non-hydrogen) atoms. The van der Waals surface area contributed by atoms with Gasteiger partial charge < -0.3 is 10.8 Å². The number of nitrogen functional groups attached to an aromatic ring is 1. The molecule has 0 spiro atoms. The monoisotopic (exact) mass is 258 g/mol. The molecule has 5 nitrogen and oxygen atoms in total. The summed E-state index contributed by atoms with van der Waals surface area (Å²) in [6.45, 7) is 2.13. The van der Waals surface area contributed by atoms with Gasteiger partial charge in [0.1, 0.15) is 0 Å².